The third-order valence-electron chi connectivity index (χ3n) is 2.13. The molecule has 1 aromatic rings. The average molecular weight is 219 g/mol. The number of nitrogen functional groups attached to an aromatic ring is 1. The molecule has 0 saturated carbocycles. The SMILES string of the molecule is CN(C)CCCOc1ccc(N)cc1C#N. The van der Waals surface area contributed by atoms with E-state index in [1.54, 1.807) is 18.2 Å². The van der Waals surface area contributed by atoms with Crippen molar-refractivity contribution in [1.82, 2.24) is 4.90 Å². The zero-order chi connectivity index (χ0) is 12.0. The van der Waals surface area contributed by atoms with Crippen LogP contribution >= 0.6 is 0 Å². The summed E-state index contributed by atoms with van der Waals surface area (Å²) in [6.45, 7) is 1.58. The Labute approximate surface area is 96.2 Å². The van der Waals surface area contributed by atoms with Crippen molar-refractivity contribution in [2.45, 2.75) is 6.42 Å². The molecule has 0 aliphatic heterocycles. The van der Waals surface area contributed by atoms with E-state index < -0.39 is 0 Å². The lowest BCUT2D eigenvalue weighted by molar-refractivity contribution is 0.281. The van der Waals surface area contributed by atoms with Gasteiger partial charge in [-0.25, -0.2) is 0 Å². The maximum absolute atomic E-state index is 8.89. The van der Waals surface area contributed by atoms with Gasteiger partial charge in [0.15, 0.2) is 0 Å². The van der Waals surface area contributed by atoms with E-state index in [1.807, 2.05) is 14.1 Å². The first-order valence-electron chi connectivity index (χ1n) is 5.20. The van der Waals surface area contributed by atoms with E-state index in [1.165, 1.54) is 0 Å². The minimum Gasteiger partial charge on any atom is -0.492 e. The zero-order valence-corrected chi connectivity index (χ0v) is 9.73. The summed E-state index contributed by atoms with van der Waals surface area (Å²) in [4.78, 5) is 2.09. The number of benzene rings is 1. The lowest BCUT2D eigenvalue weighted by Gasteiger charge is -2.11. The Morgan fingerprint density at radius 1 is 1.44 bits per heavy atom. The fourth-order valence-electron chi connectivity index (χ4n) is 1.32. The molecule has 0 unspecified atom stereocenters. The summed E-state index contributed by atoms with van der Waals surface area (Å²) in [5.41, 5.74) is 6.66. The molecule has 0 aliphatic carbocycles. The zero-order valence-electron chi connectivity index (χ0n) is 9.73. The van der Waals surface area contributed by atoms with Gasteiger partial charge in [0.2, 0.25) is 0 Å². The molecule has 0 fully saturated rings. The van der Waals surface area contributed by atoms with Crippen LogP contribution in [0.2, 0.25) is 0 Å². The van der Waals surface area contributed by atoms with Crippen LogP contribution in [0, 0.1) is 11.3 Å². The van der Waals surface area contributed by atoms with Crippen LogP contribution in [0.4, 0.5) is 5.69 Å². The van der Waals surface area contributed by atoms with Gasteiger partial charge in [0.25, 0.3) is 0 Å². The number of anilines is 1. The van der Waals surface area contributed by atoms with E-state index in [9.17, 15) is 0 Å². The van der Waals surface area contributed by atoms with E-state index in [0.717, 1.165) is 13.0 Å². The van der Waals surface area contributed by atoms with Gasteiger partial charge in [-0.15, -0.1) is 0 Å². The first kappa shape index (κ1) is 12.3. The van der Waals surface area contributed by atoms with E-state index in [2.05, 4.69) is 11.0 Å². The molecule has 0 spiro atoms. The van der Waals surface area contributed by atoms with Crippen molar-refractivity contribution in [2.24, 2.45) is 0 Å². The van der Waals surface area contributed by atoms with Crippen molar-refractivity contribution >= 4 is 5.69 Å². The highest BCUT2D eigenvalue weighted by molar-refractivity contribution is 5.53. The van der Waals surface area contributed by atoms with Crippen LogP contribution in [-0.2, 0) is 0 Å². The Bertz CT molecular complexity index is 382. The molecule has 0 amide bonds. The number of hydrogen-bond donors (Lipinski definition) is 1. The minimum atomic E-state index is 0.491. The predicted octanol–water partition coefficient (Wildman–Crippen LogP) is 1.47. The molecule has 0 heterocycles. The van der Waals surface area contributed by atoms with Crippen molar-refractivity contribution in [1.29, 1.82) is 5.26 Å². The molecule has 0 saturated heterocycles. The van der Waals surface area contributed by atoms with Crippen LogP contribution < -0.4 is 10.5 Å². The largest absolute Gasteiger partial charge is 0.492 e. The van der Waals surface area contributed by atoms with Gasteiger partial charge >= 0.3 is 0 Å². The molecule has 86 valence electrons. The van der Waals surface area contributed by atoms with Gasteiger partial charge in [0.1, 0.15) is 11.8 Å². The van der Waals surface area contributed by atoms with Crippen molar-refractivity contribution in [3.63, 3.8) is 0 Å². The molecular formula is C12H17N3O. The fourth-order valence-corrected chi connectivity index (χ4v) is 1.32. The summed E-state index contributed by atoms with van der Waals surface area (Å²) in [5.74, 6) is 0.607. The van der Waals surface area contributed by atoms with Gasteiger partial charge in [0.05, 0.1) is 12.2 Å². The molecule has 0 atom stereocenters. The highest BCUT2D eigenvalue weighted by Gasteiger charge is 2.03. The van der Waals surface area contributed by atoms with E-state index >= 15 is 0 Å². The minimum absolute atomic E-state index is 0.491. The monoisotopic (exact) mass is 219 g/mol. The van der Waals surface area contributed by atoms with Gasteiger partial charge in [0, 0.05) is 12.2 Å². The normalized spacial score (nSPS) is 10.1. The second-order valence-corrected chi connectivity index (χ2v) is 3.87. The summed E-state index contributed by atoms with van der Waals surface area (Å²) >= 11 is 0. The number of nitriles is 1. The summed E-state index contributed by atoms with van der Waals surface area (Å²) in [7, 11) is 4.04. The molecule has 0 radical (unpaired) electrons. The average Bonchev–Trinajstić information content (AvgIpc) is 2.25. The van der Waals surface area contributed by atoms with Gasteiger partial charge in [-0.05, 0) is 38.7 Å². The molecule has 4 heteroatoms. The highest BCUT2D eigenvalue weighted by Crippen LogP contribution is 2.20. The molecule has 1 rings (SSSR count). The number of ether oxygens (including phenoxy) is 1. The second kappa shape index (κ2) is 5.99. The van der Waals surface area contributed by atoms with Crippen LogP contribution in [-0.4, -0.2) is 32.1 Å². The Morgan fingerprint density at radius 2 is 2.19 bits per heavy atom. The van der Waals surface area contributed by atoms with Crippen LogP contribution in [0.15, 0.2) is 18.2 Å². The Hall–Kier alpha value is -1.73. The molecule has 0 aliphatic rings. The van der Waals surface area contributed by atoms with Crippen LogP contribution in [0.25, 0.3) is 0 Å². The lowest BCUT2D eigenvalue weighted by Crippen LogP contribution is -2.15. The molecule has 0 bridgehead atoms. The second-order valence-electron chi connectivity index (χ2n) is 3.87. The van der Waals surface area contributed by atoms with Gasteiger partial charge < -0.3 is 15.4 Å². The van der Waals surface area contributed by atoms with Crippen molar-refractivity contribution in [3.8, 4) is 11.8 Å². The van der Waals surface area contributed by atoms with E-state index in [0.29, 0.717) is 23.6 Å². The Balaban J connectivity index is 2.51. The third-order valence-corrected chi connectivity index (χ3v) is 2.13. The molecule has 4 nitrogen and oxygen atoms in total. The first-order chi connectivity index (χ1) is 7.63. The maximum atomic E-state index is 8.89. The Kier molecular flexibility index (Phi) is 4.62. The summed E-state index contributed by atoms with van der Waals surface area (Å²) in [6, 6.07) is 7.17. The highest BCUT2D eigenvalue weighted by atomic mass is 16.5. The number of nitrogens with zero attached hydrogens (tertiary/aromatic N) is 2. The predicted molar refractivity (Wildman–Crippen MR) is 64.2 cm³/mol. The number of rotatable bonds is 5. The molecular weight excluding hydrogens is 202 g/mol. The summed E-state index contributed by atoms with van der Waals surface area (Å²) < 4.78 is 5.53. The van der Waals surface area contributed by atoms with Crippen LogP contribution in [0.3, 0.4) is 0 Å². The fraction of sp³-hybridized carbons (Fsp3) is 0.417. The quantitative estimate of drug-likeness (QED) is 0.601. The number of nitrogens with two attached hydrogens (primary N) is 1. The smallest absolute Gasteiger partial charge is 0.137 e. The van der Waals surface area contributed by atoms with E-state index in [4.69, 9.17) is 15.7 Å². The molecule has 2 N–H and O–H groups in total. The lowest BCUT2D eigenvalue weighted by atomic mass is 10.2. The topological polar surface area (TPSA) is 62.3 Å². The number of hydrogen-bond acceptors (Lipinski definition) is 4. The van der Waals surface area contributed by atoms with Gasteiger partial charge in [-0.3, -0.25) is 0 Å². The third kappa shape index (κ3) is 3.79. The maximum Gasteiger partial charge on any atom is 0.137 e. The molecule has 0 aromatic heterocycles. The first-order valence-corrected chi connectivity index (χ1v) is 5.20. The van der Waals surface area contributed by atoms with Gasteiger partial charge in [-0.1, -0.05) is 0 Å². The van der Waals surface area contributed by atoms with E-state index in [-0.39, 0.29) is 0 Å². The Morgan fingerprint density at radius 3 is 2.81 bits per heavy atom. The van der Waals surface area contributed by atoms with Crippen molar-refractivity contribution in [3.05, 3.63) is 23.8 Å². The van der Waals surface area contributed by atoms with Crippen molar-refractivity contribution < 1.29 is 4.74 Å². The summed E-state index contributed by atoms with van der Waals surface area (Å²) in [6.07, 6.45) is 0.933. The van der Waals surface area contributed by atoms with Crippen molar-refractivity contribution in [2.75, 3.05) is 33.0 Å². The standard InChI is InChI=1S/C12H17N3O/c1-15(2)6-3-7-16-12-5-4-11(14)8-10(12)9-13/h4-5,8H,3,6-7,14H2,1-2H3. The van der Waals surface area contributed by atoms with Crippen LogP contribution in [0.1, 0.15) is 12.0 Å². The van der Waals surface area contributed by atoms with Crippen LogP contribution in [0.5, 0.6) is 5.75 Å². The molecule has 16 heavy (non-hydrogen) atoms. The van der Waals surface area contributed by atoms with Gasteiger partial charge in [-0.2, -0.15) is 5.26 Å². The summed E-state index contributed by atoms with van der Waals surface area (Å²) in [5, 5.41) is 8.89. The molecule has 1 aromatic carbocycles.